The average Bonchev–Trinajstić information content (AvgIpc) is 2.26. The maximum atomic E-state index is 12.1. The molecule has 2 heteroatoms. The van der Waals surface area contributed by atoms with Gasteiger partial charge in [0.15, 0.2) is 5.78 Å². The summed E-state index contributed by atoms with van der Waals surface area (Å²) in [5, 5.41) is 0. The summed E-state index contributed by atoms with van der Waals surface area (Å²) in [6.45, 7) is 8.25. The Hall–Kier alpha value is -1.31. The van der Waals surface area contributed by atoms with Crippen molar-refractivity contribution >= 4 is 5.78 Å². The third-order valence-corrected chi connectivity index (χ3v) is 3.46. The molecule has 0 fully saturated rings. The molecule has 17 heavy (non-hydrogen) atoms. The van der Waals surface area contributed by atoms with E-state index in [0.29, 0.717) is 12.3 Å². The molecule has 1 heterocycles. The fourth-order valence-electron chi connectivity index (χ4n) is 2.21. The molecule has 1 aromatic rings. The highest BCUT2D eigenvalue weighted by Gasteiger charge is 2.32. The van der Waals surface area contributed by atoms with Crippen LogP contribution in [0.2, 0.25) is 0 Å². The minimum atomic E-state index is -0.373. The fourth-order valence-corrected chi connectivity index (χ4v) is 2.21. The molecule has 1 aliphatic rings. The predicted molar refractivity (Wildman–Crippen MR) is 68.8 cm³/mol. The molecule has 0 radical (unpaired) electrons. The van der Waals surface area contributed by atoms with Gasteiger partial charge in [0.05, 0.1) is 12.0 Å². The van der Waals surface area contributed by atoms with E-state index in [9.17, 15) is 4.79 Å². The maximum Gasteiger partial charge on any atom is 0.170 e. The number of ketones is 1. The van der Waals surface area contributed by atoms with Crippen molar-refractivity contribution in [2.45, 2.75) is 52.1 Å². The lowest BCUT2D eigenvalue weighted by molar-refractivity contribution is 0.0620. The number of carbonyl (C=O) groups is 1. The Morgan fingerprint density at radius 2 is 2.12 bits per heavy atom. The maximum absolute atomic E-state index is 12.1. The highest BCUT2D eigenvalue weighted by molar-refractivity contribution is 6.00. The molecule has 92 valence electrons. The summed E-state index contributed by atoms with van der Waals surface area (Å²) in [6, 6.07) is 6.01. The number of carbonyl (C=O) groups excluding carboxylic acids is 1. The summed E-state index contributed by atoms with van der Waals surface area (Å²) < 4.78 is 5.84. The molecule has 1 atom stereocenters. The van der Waals surface area contributed by atoms with Gasteiger partial charge < -0.3 is 4.74 Å². The van der Waals surface area contributed by atoms with Crippen molar-refractivity contribution in [2.75, 3.05) is 0 Å². The predicted octanol–water partition coefficient (Wildman–Crippen LogP) is 3.94. The van der Waals surface area contributed by atoms with E-state index in [-0.39, 0.29) is 11.4 Å². The van der Waals surface area contributed by atoms with Crippen molar-refractivity contribution in [2.24, 2.45) is 0 Å². The zero-order valence-corrected chi connectivity index (χ0v) is 11.0. The van der Waals surface area contributed by atoms with Crippen LogP contribution in [-0.2, 0) is 0 Å². The second-order valence-electron chi connectivity index (χ2n) is 5.53. The lowest BCUT2D eigenvalue weighted by atomic mass is 9.89. The summed E-state index contributed by atoms with van der Waals surface area (Å²) in [6.07, 6.45) is 1.54. The average molecular weight is 232 g/mol. The van der Waals surface area contributed by atoms with Gasteiger partial charge in [-0.3, -0.25) is 4.79 Å². The number of fused-ring (bicyclic) bond motifs is 1. The summed E-state index contributed by atoms with van der Waals surface area (Å²) >= 11 is 0. The van der Waals surface area contributed by atoms with Gasteiger partial charge in [0.25, 0.3) is 0 Å². The van der Waals surface area contributed by atoms with Crippen LogP contribution >= 0.6 is 0 Å². The number of Topliss-reactive ketones (excluding diaryl/α,β-unsaturated/α-hetero) is 1. The van der Waals surface area contributed by atoms with Crippen LogP contribution in [0.5, 0.6) is 5.75 Å². The quantitative estimate of drug-likeness (QED) is 0.772. The Morgan fingerprint density at radius 3 is 2.76 bits per heavy atom. The van der Waals surface area contributed by atoms with Crippen molar-refractivity contribution in [1.82, 2.24) is 0 Å². The van der Waals surface area contributed by atoms with Crippen LogP contribution in [0.1, 0.15) is 62.4 Å². The molecule has 0 saturated heterocycles. The van der Waals surface area contributed by atoms with Crippen LogP contribution in [-0.4, -0.2) is 11.4 Å². The molecule has 0 amide bonds. The first-order valence-corrected chi connectivity index (χ1v) is 6.29. The van der Waals surface area contributed by atoms with Crippen LogP contribution in [0.15, 0.2) is 18.2 Å². The normalized spacial score (nSPS) is 19.4. The fraction of sp³-hybridized carbons (Fsp3) is 0.533. The van der Waals surface area contributed by atoms with E-state index >= 15 is 0 Å². The van der Waals surface area contributed by atoms with Gasteiger partial charge in [-0.05, 0) is 43.9 Å². The molecule has 2 nitrogen and oxygen atoms in total. The van der Waals surface area contributed by atoms with E-state index in [2.05, 4.69) is 19.9 Å². The van der Waals surface area contributed by atoms with Gasteiger partial charge in [0.2, 0.25) is 0 Å². The number of hydrogen-bond acceptors (Lipinski definition) is 2. The second kappa shape index (κ2) is 4.17. The van der Waals surface area contributed by atoms with Gasteiger partial charge in [0.1, 0.15) is 11.4 Å². The first kappa shape index (κ1) is 12.2. The molecule has 1 aromatic carbocycles. The third kappa shape index (κ3) is 2.36. The Labute approximate surface area is 103 Å². The SMILES string of the molecule is CCC(C)c1ccc2c(c1)C(=O)CC(C)(C)O2. The van der Waals surface area contributed by atoms with E-state index in [0.717, 1.165) is 17.7 Å². The van der Waals surface area contributed by atoms with Gasteiger partial charge in [-0.25, -0.2) is 0 Å². The number of benzene rings is 1. The van der Waals surface area contributed by atoms with Gasteiger partial charge in [-0.15, -0.1) is 0 Å². The zero-order chi connectivity index (χ0) is 12.6. The van der Waals surface area contributed by atoms with Crippen molar-refractivity contribution in [3.63, 3.8) is 0 Å². The molecule has 1 aliphatic heterocycles. The van der Waals surface area contributed by atoms with Gasteiger partial charge >= 0.3 is 0 Å². The molecular weight excluding hydrogens is 212 g/mol. The highest BCUT2D eigenvalue weighted by Crippen LogP contribution is 2.35. The lowest BCUT2D eigenvalue weighted by Crippen LogP contribution is -2.35. The standard InChI is InChI=1S/C15H20O2/c1-5-10(2)11-6-7-14-12(8-11)13(16)9-15(3,4)17-14/h6-8,10H,5,9H2,1-4H3. The largest absolute Gasteiger partial charge is 0.487 e. The number of ether oxygens (including phenoxy) is 1. The van der Waals surface area contributed by atoms with Crippen LogP contribution in [0.3, 0.4) is 0 Å². The third-order valence-electron chi connectivity index (χ3n) is 3.46. The summed E-state index contributed by atoms with van der Waals surface area (Å²) in [7, 11) is 0. The molecule has 0 aliphatic carbocycles. The van der Waals surface area contributed by atoms with E-state index < -0.39 is 0 Å². The first-order chi connectivity index (χ1) is 7.93. The topological polar surface area (TPSA) is 26.3 Å². The van der Waals surface area contributed by atoms with Crippen molar-refractivity contribution in [1.29, 1.82) is 0 Å². The molecule has 0 saturated carbocycles. The Balaban J connectivity index is 2.40. The first-order valence-electron chi connectivity index (χ1n) is 6.29. The lowest BCUT2D eigenvalue weighted by Gasteiger charge is -2.32. The van der Waals surface area contributed by atoms with Crippen LogP contribution in [0.4, 0.5) is 0 Å². The smallest absolute Gasteiger partial charge is 0.170 e. The second-order valence-corrected chi connectivity index (χ2v) is 5.53. The molecule has 0 N–H and O–H groups in total. The minimum absolute atomic E-state index is 0.196. The monoisotopic (exact) mass is 232 g/mol. The van der Waals surface area contributed by atoms with E-state index in [1.807, 2.05) is 26.0 Å². The summed E-state index contributed by atoms with van der Waals surface area (Å²) in [5.41, 5.74) is 1.60. The molecular formula is C15H20O2. The Bertz CT molecular complexity index is 446. The minimum Gasteiger partial charge on any atom is -0.487 e. The van der Waals surface area contributed by atoms with Crippen molar-refractivity contribution in [3.05, 3.63) is 29.3 Å². The zero-order valence-electron chi connectivity index (χ0n) is 11.0. The Kier molecular flexibility index (Phi) is 2.98. The van der Waals surface area contributed by atoms with Crippen LogP contribution in [0, 0.1) is 0 Å². The molecule has 2 rings (SSSR count). The van der Waals surface area contributed by atoms with Crippen LogP contribution in [0.25, 0.3) is 0 Å². The van der Waals surface area contributed by atoms with Gasteiger partial charge in [-0.2, -0.15) is 0 Å². The van der Waals surface area contributed by atoms with Crippen LogP contribution < -0.4 is 4.74 Å². The summed E-state index contributed by atoms with van der Waals surface area (Å²) in [5.74, 6) is 1.42. The number of hydrogen-bond donors (Lipinski definition) is 0. The number of rotatable bonds is 2. The van der Waals surface area contributed by atoms with E-state index in [4.69, 9.17) is 4.74 Å². The van der Waals surface area contributed by atoms with E-state index in [1.54, 1.807) is 0 Å². The molecule has 0 bridgehead atoms. The molecule has 0 aromatic heterocycles. The van der Waals surface area contributed by atoms with Crippen molar-refractivity contribution in [3.8, 4) is 5.75 Å². The van der Waals surface area contributed by atoms with Gasteiger partial charge in [0, 0.05) is 0 Å². The molecule has 0 spiro atoms. The summed E-state index contributed by atoms with van der Waals surface area (Å²) in [4.78, 5) is 12.1. The Morgan fingerprint density at radius 1 is 1.41 bits per heavy atom. The van der Waals surface area contributed by atoms with Crippen molar-refractivity contribution < 1.29 is 9.53 Å². The van der Waals surface area contributed by atoms with E-state index in [1.165, 1.54) is 5.56 Å². The highest BCUT2D eigenvalue weighted by atomic mass is 16.5. The van der Waals surface area contributed by atoms with Gasteiger partial charge in [-0.1, -0.05) is 19.9 Å². The molecule has 1 unspecified atom stereocenters.